The molecule has 0 aromatic heterocycles. The average molecular weight is 711 g/mol. The second-order valence-corrected chi connectivity index (χ2v) is 17.0. The lowest BCUT2D eigenvalue weighted by molar-refractivity contribution is -0.150. The molecule has 49 heavy (non-hydrogen) atoms. The summed E-state index contributed by atoms with van der Waals surface area (Å²) in [6.07, 6.45) is 43.4. The number of carbonyl (C=O) groups excluding carboxylic acids is 1. The zero-order valence-corrected chi connectivity index (χ0v) is 34.8. The zero-order valence-electron chi connectivity index (χ0n) is 34.0. The Morgan fingerprint density at radius 2 is 0.939 bits per heavy atom. The van der Waals surface area contributed by atoms with Gasteiger partial charge in [-0.1, -0.05) is 168 Å². The van der Waals surface area contributed by atoms with Crippen LogP contribution in [0, 0.1) is 29.6 Å². The van der Waals surface area contributed by atoms with Gasteiger partial charge in [-0.25, -0.2) is 0 Å². The van der Waals surface area contributed by atoms with Crippen LogP contribution >= 0.6 is 12.4 Å². The molecule has 5 atom stereocenters. The van der Waals surface area contributed by atoms with Crippen molar-refractivity contribution in [2.75, 3.05) is 20.6 Å². The summed E-state index contributed by atoms with van der Waals surface area (Å²) in [7, 11) is 4.15. The molecule has 0 aromatic carbocycles. The predicted molar refractivity (Wildman–Crippen MR) is 218 cm³/mol. The first kappa shape index (κ1) is 46.7. The van der Waals surface area contributed by atoms with E-state index in [1.807, 2.05) is 0 Å². The Morgan fingerprint density at radius 3 is 1.37 bits per heavy atom. The number of esters is 1. The SMILES string of the molecule is CCCCCCCCC(CCCCCCCC(C1CC1CCCCCCCC)C1CC1CCCCCCCC)OC(=O)CCCN(C)C.Cl. The number of hydrogen-bond donors (Lipinski definition) is 0. The third-order valence-corrected chi connectivity index (χ3v) is 12.1. The van der Waals surface area contributed by atoms with Gasteiger partial charge in [0.2, 0.25) is 0 Å². The zero-order chi connectivity index (χ0) is 34.7. The molecule has 2 saturated carbocycles. The molecule has 0 aliphatic heterocycles. The molecule has 0 heterocycles. The highest BCUT2D eigenvalue weighted by Gasteiger charge is 2.51. The van der Waals surface area contributed by atoms with Gasteiger partial charge in [-0.2, -0.15) is 0 Å². The highest BCUT2D eigenvalue weighted by molar-refractivity contribution is 5.85. The second kappa shape index (κ2) is 31.3. The van der Waals surface area contributed by atoms with Gasteiger partial charge in [0.15, 0.2) is 0 Å². The molecule has 0 spiro atoms. The fourth-order valence-corrected chi connectivity index (χ4v) is 8.86. The average Bonchev–Trinajstić information content (AvgIpc) is 4.00. The number of unbranched alkanes of at least 4 members (excludes halogenated alkanes) is 19. The predicted octanol–water partition coefficient (Wildman–Crippen LogP) is 14.5. The van der Waals surface area contributed by atoms with Gasteiger partial charge in [-0.3, -0.25) is 4.79 Å². The molecule has 4 heteroatoms. The second-order valence-electron chi connectivity index (χ2n) is 17.0. The van der Waals surface area contributed by atoms with E-state index in [1.165, 1.54) is 167 Å². The maximum absolute atomic E-state index is 12.6. The first-order valence-electron chi connectivity index (χ1n) is 22.3. The molecule has 0 radical (unpaired) electrons. The van der Waals surface area contributed by atoms with E-state index in [0.29, 0.717) is 6.42 Å². The summed E-state index contributed by atoms with van der Waals surface area (Å²) in [4.78, 5) is 14.8. The van der Waals surface area contributed by atoms with Crippen LogP contribution in [0.15, 0.2) is 0 Å². The number of hydrogen-bond acceptors (Lipinski definition) is 3. The van der Waals surface area contributed by atoms with E-state index in [1.54, 1.807) is 12.8 Å². The van der Waals surface area contributed by atoms with Crippen molar-refractivity contribution < 1.29 is 9.53 Å². The summed E-state index contributed by atoms with van der Waals surface area (Å²) in [5, 5.41) is 0. The van der Waals surface area contributed by atoms with Crippen LogP contribution in [-0.2, 0) is 9.53 Å². The van der Waals surface area contributed by atoms with E-state index < -0.39 is 0 Å². The van der Waals surface area contributed by atoms with Crippen molar-refractivity contribution in [1.29, 1.82) is 0 Å². The van der Waals surface area contributed by atoms with Crippen LogP contribution in [-0.4, -0.2) is 37.6 Å². The normalized spacial score (nSPS) is 21.0. The number of rotatable bonds is 36. The van der Waals surface area contributed by atoms with Crippen LogP contribution in [0.5, 0.6) is 0 Å². The molecular weight excluding hydrogens is 622 g/mol. The van der Waals surface area contributed by atoms with E-state index in [2.05, 4.69) is 39.8 Å². The summed E-state index contributed by atoms with van der Waals surface area (Å²) in [6, 6.07) is 0. The standard InChI is InChI=1S/C45H87NO2.ClH/c1-6-9-12-15-19-24-30-39-37-43(39)42(44-38-40(44)31-25-20-16-13-10-7-2)34-28-23-18-22-27-33-41(32-26-21-17-14-11-8-3)48-45(47)35-29-36-46(4)5;/h39-44H,6-38H2,1-5H3;1H. The van der Waals surface area contributed by atoms with Crippen molar-refractivity contribution in [3.63, 3.8) is 0 Å². The molecule has 0 aromatic rings. The number of ether oxygens (including phenoxy) is 1. The Kier molecular flexibility index (Phi) is 29.8. The molecule has 2 rings (SSSR count). The largest absolute Gasteiger partial charge is 0.462 e. The van der Waals surface area contributed by atoms with E-state index in [4.69, 9.17) is 4.74 Å². The summed E-state index contributed by atoms with van der Waals surface area (Å²) in [5.74, 6) is 5.39. The fourth-order valence-electron chi connectivity index (χ4n) is 8.86. The highest BCUT2D eigenvalue weighted by Crippen LogP contribution is 2.59. The van der Waals surface area contributed by atoms with Crippen molar-refractivity contribution in [1.82, 2.24) is 4.90 Å². The van der Waals surface area contributed by atoms with Crippen molar-refractivity contribution >= 4 is 18.4 Å². The Hall–Kier alpha value is -0.280. The van der Waals surface area contributed by atoms with Crippen LogP contribution in [0.4, 0.5) is 0 Å². The third kappa shape index (κ3) is 24.6. The van der Waals surface area contributed by atoms with Crippen molar-refractivity contribution in [3.8, 4) is 0 Å². The molecule has 2 aliphatic carbocycles. The van der Waals surface area contributed by atoms with Crippen LogP contribution in [0.3, 0.4) is 0 Å². The van der Waals surface area contributed by atoms with Gasteiger partial charge in [0.25, 0.3) is 0 Å². The van der Waals surface area contributed by atoms with Gasteiger partial charge in [0, 0.05) is 6.42 Å². The van der Waals surface area contributed by atoms with Gasteiger partial charge in [0.1, 0.15) is 6.10 Å². The maximum Gasteiger partial charge on any atom is 0.306 e. The minimum atomic E-state index is 0. The summed E-state index contributed by atoms with van der Waals surface area (Å²) in [6.45, 7) is 7.90. The smallest absolute Gasteiger partial charge is 0.306 e. The van der Waals surface area contributed by atoms with Crippen molar-refractivity contribution in [3.05, 3.63) is 0 Å². The molecule has 2 aliphatic rings. The molecular formula is C45H88ClNO2. The number of nitrogens with zero attached hydrogens (tertiary/aromatic N) is 1. The Bertz CT molecular complexity index is 714. The molecule has 0 N–H and O–H groups in total. The van der Waals surface area contributed by atoms with Gasteiger partial charge in [-0.15, -0.1) is 12.4 Å². The lowest BCUT2D eigenvalue weighted by Crippen LogP contribution is -2.20. The maximum atomic E-state index is 12.6. The summed E-state index contributed by atoms with van der Waals surface area (Å²) in [5.41, 5.74) is 0. The molecule has 0 bridgehead atoms. The van der Waals surface area contributed by atoms with Crippen LogP contribution < -0.4 is 0 Å². The van der Waals surface area contributed by atoms with Crippen molar-refractivity contribution in [2.24, 2.45) is 29.6 Å². The van der Waals surface area contributed by atoms with E-state index in [-0.39, 0.29) is 24.5 Å². The van der Waals surface area contributed by atoms with E-state index in [0.717, 1.165) is 55.4 Å². The lowest BCUT2D eigenvalue weighted by Gasteiger charge is -2.19. The molecule has 0 amide bonds. The first-order chi connectivity index (χ1) is 23.5. The Labute approximate surface area is 314 Å². The lowest BCUT2D eigenvalue weighted by atomic mass is 9.87. The molecule has 5 unspecified atom stereocenters. The van der Waals surface area contributed by atoms with Gasteiger partial charge < -0.3 is 9.64 Å². The van der Waals surface area contributed by atoms with Gasteiger partial charge in [0.05, 0.1) is 0 Å². The van der Waals surface area contributed by atoms with Gasteiger partial charge >= 0.3 is 5.97 Å². The Morgan fingerprint density at radius 1 is 0.551 bits per heavy atom. The van der Waals surface area contributed by atoms with Crippen molar-refractivity contribution in [2.45, 2.75) is 232 Å². The fraction of sp³-hybridized carbons (Fsp3) is 0.978. The molecule has 0 saturated heterocycles. The van der Waals surface area contributed by atoms with Crippen LogP contribution in [0.25, 0.3) is 0 Å². The minimum Gasteiger partial charge on any atom is -0.462 e. The molecule has 292 valence electrons. The highest BCUT2D eigenvalue weighted by atomic mass is 35.5. The van der Waals surface area contributed by atoms with E-state index >= 15 is 0 Å². The number of carbonyl (C=O) groups is 1. The van der Waals surface area contributed by atoms with Crippen LogP contribution in [0.2, 0.25) is 0 Å². The minimum absolute atomic E-state index is 0. The quantitative estimate of drug-likeness (QED) is 0.0479. The Balaban J connectivity index is 0.0000120. The molecule has 2 fully saturated rings. The third-order valence-electron chi connectivity index (χ3n) is 12.1. The first-order valence-corrected chi connectivity index (χ1v) is 22.3. The number of halogens is 1. The van der Waals surface area contributed by atoms with Crippen LogP contribution in [0.1, 0.15) is 226 Å². The van der Waals surface area contributed by atoms with E-state index in [9.17, 15) is 4.79 Å². The molecule has 3 nitrogen and oxygen atoms in total. The summed E-state index contributed by atoms with van der Waals surface area (Å²) >= 11 is 0. The summed E-state index contributed by atoms with van der Waals surface area (Å²) < 4.78 is 6.05. The van der Waals surface area contributed by atoms with Gasteiger partial charge in [-0.05, 0) is 102 Å². The topological polar surface area (TPSA) is 29.5 Å². The monoisotopic (exact) mass is 710 g/mol.